The minimum absolute atomic E-state index is 0.180. The largest absolute Gasteiger partial charge is 0.368 e. The Labute approximate surface area is 215 Å². The van der Waals surface area contributed by atoms with Crippen molar-refractivity contribution in [3.63, 3.8) is 0 Å². The van der Waals surface area contributed by atoms with E-state index in [0.29, 0.717) is 0 Å². The number of nitrogens with two attached hydrogens (primary N) is 1. The maximum Gasteiger partial charge on any atom is 0.219 e. The van der Waals surface area contributed by atoms with Crippen LogP contribution in [-0.2, 0) is 6.42 Å². The molecule has 0 aliphatic carbocycles. The molecular formula is C29H36ClN5. The first-order valence-electron chi connectivity index (χ1n) is 11.6. The van der Waals surface area contributed by atoms with Gasteiger partial charge in [-0.1, -0.05) is 49.9 Å². The molecular weight excluding hydrogens is 454 g/mol. The fourth-order valence-corrected chi connectivity index (χ4v) is 4.21. The Bertz CT molecular complexity index is 1190. The molecule has 3 rings (SSSR count). The predicted octanol–water partition coefficient (Wildman–Crippen LogP) is 7.75. The highest BCUT2D eigenvalue weighted by Gasteiger charge is 2.27. The van der Waals surface area contributed by atoms with Crippen LogP contribution < -0.4 is 10.6 Å². The number of nitrogens with zero attached hydrogens (tertiary/aromatic N) is 4. The van der Waals surface area contributed by atoms with Gasteiger partial charge >= 0.3 is 0 Å². The number of anilines is 2. The Hall–Kier alpha value is -3.44. The van der Waals surface area contributed by atoms with Crippen molar-refractivity contribution in [2.45, 2.75) is 53.5 Å². The zero-order valence-electron chi connectivity index (χ0n) is 21.6. The lowest BCUT2D eigenvalue weighted by atomic mass is 9.95. The van der Waals surface area contributed by atoms with Crippen LogP contribution >= 0.6 is 11.6 Å². The van der Waals surface area contributed by atoms with Crippen molar-refractivity contribution in [2.24, 2.45) is 4.99 Å². The second-order valence-corrected chi connectivity index (χ2v) is 9.40. The lowest BCUT2D eigenvalue weighted by Gasteiger charge is -2.40. The van der Waals surface area contributed by atoms with Gasteiger partial charge in [-0.3, -0.25) is 4.99 Å². The van der Waals surface area contributed by atoms with E-state index in [1.165, 1.54) is 6.20 Å². The van der Waals surface area contributed by atoms with E-state index in [1.54, 1.807) is 18.6 Å². The molecule has 0 amide bonds. The molecule has 184 valence electrons. The average Bonchev–Trinajstić information content (AvgIpc) is 2.80. The molecule has 0 atom stereocenters. The first-order chi connectivity index (χ1) is 16.5. The van der Waals surface area contributed by atoms with Crippen LogP contribution in [0.3, 0.4) is 0 Å². The number of benzene rings is 2. The van der Waals surface area contributed by atoms with Crippen molar-refractivity contribution in [1.82, 2.24) is 9.97 Å². The molecule has 0 aliphatic rings. The quantitative estimate of drug-likeness (QED) is 0.359. The lowest BCUT2D eigenvalue weighted by molar-refractivity contribution is 0.562. The molecule has 2 aromatic carbocycles. The molecule has 0 radical (unpaired) electrons. The third-order valence-corrected chi connectivity index (χ3v) is 5.78. The maximum absolute atomic E-state index is 6.49. The zero-order valence-corrected chi connectivity index (χ0v) is 22.4. The molecule has 0 bridgehead atoms. The van der Waals surface area contributed by atoms with Gasteiger partial charge in [0.25, 0.3) is 0 Å². The molecule has 0 aliphatic heterocycles. The van der Waals surface area contributed by atoms with E-state index in [2.05, 4.69) is 91.9 Å². The van der Waals surface area contributed by atoms with Crippen molar-refractivity contribution in [2.75, 3.05) is 10.6 Å². The maximum atomic E-state index is 6.49. The van der Waals surface area contributed by atoms with Gasteiger partial charge in [0, 0.05) is 57.9 Å². The highest BCUT2D eigenvalue weighted by molar-refractivity contribution is 6.31. The van der Waals surface area contributed by atoms with Crippen molar-refractivity contribution < 1.29 is 0 Å². The van der Waals surface area contributed by atoms with E-state index in [4.69, 9.17) is 17.3 Å². The zero-order chi connectivity index (χ0) is 26.2. The molecule has 2 N–H and O–H groups in total. The molecule has 0 unspecified atom stereocenters. The van der Waals surface area contributed by atoms with Gasteiger partial charge in [-0.2, -0.15) is 0 Å². The van der Waals surface area contributed by atoms with Crippen LogP contribution in [0.2, 0.25) is 5.02 Å². The van der Waals surface area contributed by atoms with Crippen LogP contribution in [0.25, 0.3) is 16.8 Å². The predicted molar refractivity (Wildman–Crippen MR) is 153 cm³/mol. The summed E-state index contributed by atoms with van der Waals surface area (Å²) in [4.78, 5) is 14.1. The number of hydrogen-bond donors (Lipinski definition) is 1. The highest BCUT2D eigenvalue weighted by Crippen LogP contribution is 2.38. The van der Waals surface area contributed by atoms with Crippen LogP contribution in [0.1, 0.15) is 51.3 Å². The summed E-state index contributed by atoms with van der Waals surface area (Å²) < 4.78 is 0. The Morgan fingerprint density at radius 2 is 1.80 bits per heavy atom. The molecule has 0 saturated heterocycles. The van der Waals surface area contributed by atoms with Gasteiger partial charge in [0.1, 0.15) is 0 Å². The van der Waals surface area contributed by atoms with Crippen LogP contribution in [-0.4, -0.2) is 21.7 Å². The van der Waals surface area contributed by atoms with Gasteiger partial charge in [-0.25, -0.2) is 9.97 Å². The van der Waals surface area contributed by atoms with Crippen molar-refractivity contribution >= 4 is 35.1 Å². The summed E-state index contributed by atoms with van der Waals surface area (Å²) >= 11 is 6.49. The van der Waals surface area contributed by atoms with Crippen molar-refractivity contribution in [3.8, 4) is 11.1 Å². The summed E-state index contributed by atoms with van der Waals surface area (Å²) in [5, 5.41) is 0.778. The molecule has 0 spiro atoms. The molecule has 35 heavy (non-hydrogen) atoms. The van der Waals surface area contributed by atoms with Gasteiger partial charge in [-0.15, -0.1) is 0 Å². The molecule has 1 heterocycles. The minimum atomic E-state index is -0.180. The first-order valence-corrected chi connectivity index (χ1v) is 12.0. The number of nitrogen functional groups attached to an aromatic ring is 1. The third-order valence-electron chi connectivity index (χ3n) is 5.42. The monoisotopic (exact) mass is 489 g/mol. The van der Waals surface area contributed by atoms with Gasteiger partial charge in [0.15, 0.2) is 0 Å². The van der Waals surface area contributed by atoms with Crippen LogP contribution in [0.4, 0.5) is 11.6 Å². The van der Waals surface area contributed by atoms with Gasteiger partial charge in [-0.05, 0) is 75.9 Å². The lowest BCUT2D eigenvalue weighted by Crippen LogP contribution is -2.40. The van der Waals surface area contributed by atoms with E-state index in [1.807, 2.05) is 19.1 Å². The molecule has 1 aromatic heterocycles. The van der Waals surface area contributed by atoms with Crippen LogP contribution in [0.5, 0.6) is 0 Å². The summed E-state index contributed by atoms with van der Waals surface area (Å²) in [5.41, 5.74) is 12.8. The number of hydrogen-bond acceptors (Lipinski definition) is 5. The Morgan fingerprint density at radius 3 is 2.29 bits per heavy atom. The molecule has 0 fully saturated rings. The van der Waals surface area contributed by atoms with Gasteiger partial charge < -0.3 is 10.6 Å². The summed E-state index contributed by atoms with van der Waals surface area (Å²) in [6.07, 6.45) is 7.53. The van der Waals surface area contributed by atoms with Crippen molar-refractivity contribution in [3.05, 3.63) is 89.9 Å². The van der Waals surface area contributed by atoms with Gasteiger partial charge in [0.2, 0.25) is 5.95 Å². The van der Waals surface area contributed by atoms with Crippen molar-refractivity contribution in [1.29, 1.82) is 0 Å². The van der Waals surface area contributed by atoms with E-state index in [-0.39, 0.29) is 11.5 Å². The molecule has 6 heteroatoms. The summed E-state index contributed by atoms with van der Waals surface area (Å²) in [7, 11) is 0. The van der Waals surface area contributed by atoms with Crippen LogP contribution in [0.15, 0.2) is 73.1 Å². The molecule has 5 nitrogen and oxygen atoms in total. The first kappa shape index (κ1) is 27.8. The van der Waals surface area contributed by atoms with E-state index in [9.17, 15) is 0 Å². The van der Waals surface area contributed by atoms with Gasteiger partial charge in [0.05, 0.1) is 0 Å². The Morgan fingerprint density at radius 1 is 1.14 bits per heavy atom. The van der Waals surface area contributed by atoms with E-state index < -0.39 is 0 Å². The molecule has 0 saturated carbocycles. The molecule has 3 aromatic rings. The van der Waals surface area contributed by atoms with E-state index >= 15 is 0 Å². The second kappa shape index (κ2) is 12.3. The summed E-state index contributed by atoms with van der Waals surface area (Å²) in [5.74, 6) is 0.274. The topological polar surface area (TPSA) is 67.4 Å². The average molecular weight is 490 g/mol. The summed E-state index contributed by atoms with van der Waals surface area (Å²) in [6, 6.07) is 12.4. The highest BCUT2D eigenvalue weighted by atomic mass is 35.5. The Kier molecular flexibility index (Phi) is 9.78. The smallest absolute Gasteiger partial charge is 0.219 e. The summed E-state index contributed by atoms with van der Waals surface area (Å²) in [6.45, 7) is 20.5. The number of rotatable bonds is 6. The fourth-order valence-electron chi connectivity index (χ4n) is 3.90. The normalized spacial score (nSPS) is 11.1. The number of halogens is 1. The van der Waals surface area contributed by atoms with E-state index in [0.717, 1.165) is 50.6 Å². The standard InChI is InChI=1S/C25H29ClN4.C4H7N/c1-7-20-21(9-8-10-22(20)26)17(3)30(25(4,5)6)23-12-11-18(13-16(23)2)19-14-28-24(27)29-15-19;1-3-5-4-2/h8-15H,3,7H2,1-2,4-6H3,(H2,27,28,29);3-4H,1H2,2H3. The Balaban J connectivity index is 0.000000784. The number of aliphatic imine (C=N–C) groups is 1. The minimum Gasteiger partial charge on any atom is -0.368 e. The number of aromatic nitrogens is 2. The fraction of sp³-hybridized carbons (Fsp3) is 0.276. The SMILES string of the molecule is C=C(c1cccc(Cl)c1CC)N(c1ccc(-c2cnc(N)nc2)cc1C)C(C)(C)C.C=CN=CC. The third kappa shape index (κ3) is 7.03. The second-order valence-electron chi connectivity index (χ2n) is 8.99. The number of aryl methyl sites for hydroxylation is 1. The van der Waals surface area contributed by atoms with Crippen LogP contribution in [0, 0.1) is 6.92 Å².